The van der Waals surface area contributed by atoms with Crippen LogP contribution in [0.15, 0.2) is 48.8 Å². The van der Waals surface area contributed by atoms with Gasteiger partial charge in [-0.1, -0.05) is 12.1 Å². The first-order valence-corrected chi connectivity index (χ1v) is 6.91. The number of para-hydroxylation sites is 2. The molecule has 0 fully saturated rings. The third-order valence-electron chi connectivity index (χ3n) is 3.45. The van der Waals surface area contributed by atoms with Crippen LogP contribution in [-0.4, -0.2) is 14.5 Å². The van der Waals surface area contributed by atoms with Gasteiger partial charge in [-0.25, -0.2) is 4.98 Å². The minimum Gasteiger partial charge on any atom is -0.375 e. The van der Waals surface area contributed by atoms with Crippen molar-refractivity contribution in [2.45, 2.75) is 26.4 Å². The van der Waals surface area contributed by atoms with Crippen molar-refractivity contribution in [1.29, 1.82) is 0 Å². The van der Waals surface area contributed by atoms with Crippen LogP contribution in [0.5, 0.6) is 0 Å². The third kappa shape index (κ3) is 2.25. The minimum atomic E-state index is 0.143. The predicted molar refractivity (Wildman–Crippen MR) is 81.7 cm³/mol. The van der Waals surface area contributed by atoms with E-state index in [1.807, 2.05) is 18.2 Å². The fourth-order valence-electron chi connectivity index (χ4n) is 2.52. The molecule has 0 aliphatic heterocycles. The van der Waals surface area contributed by atoms with E-state index >= 15 is 0 Å². The van der Waals surface area contributed by atoms with E-state index in [1.165, 1.54) is 5.52 Å². The average molecular weight is 266 g/mol. The molecule has 4 nitrogen and oxygen atoms in total. The molecule has 1 N–H and O–H groups in total. The van der Waals surface area contributed by atoms with Crippen LogP contribution < -0.4 is 5.32 Å². The molecular formula is C16H18N4. The smallest absolute Gasteiger partial charge is 0.132 e. The van der Waals surface area contributed by atoms with Gasteiger partial charge in [0, 0.05) is 24.6 Å². The Morgan fingerprint density at radius 2 is 1.90 bits per heavy atom. The van der Waals surface area contributed by atoms with Crippen molar-refractivity contribution in [3.63, 3.8) is 0 Å². The first kappa shape index (κ1) is 12.7. The largest absolute Gasteiger partial charge is 0.375 e. The number of hydrogen-bond donors (Lipinski definition) is 1. The summed E-state index contributed by atoms with van der Waals surface area (Å²) >= 11 is 0. The Hall–Kier alpha value is -2.36. The third-order valence-corrected chi connectivity index (χ3v) is 3.45. The summed E-state index contributed by atoms with van der Waals surface area (Å²) in [5.41, 5.74) is 3.29. The van der Waals surface area contributed by atoms with Gasteiger partial charge in [0.1, 0.15) is 5.82 Å². The van der Waals surface area contributed by atoms with Gasteiger partial charge in [-0.2, -0.15) is 0 Å². The van der Waals surface area contributed by atoms with E-state index in [1.54, 1.807) is 12.4 Å². The molecule has 0 saturated heterocycles. The summed E-state index contributed by atoms with van der Waals surface area (Å²) in [7, 11) is 0. The molecule has 0 saturated carbocycles. The first-order chi connectivity index (χ1) is 9.79. The van der Waals surface area contributed by atoms with Gasteiger partial charge in [0.05, 0.1) is 17.1 Å². The van der Waals surface area contributed by atoms with Gasteiger partial charge in [-0.3, -0.25) is 4.98 Å². The van der Waals surface area contributed by atoms with Crippen molar-refractivity contribution in [2.75, 3.05) is 5.32 Å². The molecule has 0 spiro atoms. The number of fused-ring (bicyclic) bond motifs is 1. The van der Waals surface area contributed by atoms with Crippen LogP contribution in [0.4, 0.5) is 5.69 Å². The van der Waals surface area contributed by atoms with E-state index < -0.39 is 0 Å². The zero-order chi connectivity index (χ0) is 13.9. The van der Waals surface area contributed by atoms with Crippen LogP contribution in [0, 0.1) is 0 Å². The molecule has 4 heteroatoms. The number of nitrogens with zero attached hydrogens (tertiary/aromatic N) is 3. The van der Waals surface area contributed by atoms with E-state index in [-0.39, 0.29) is 6.04 Å². The van der Waals surface area contributed by atoms with Gasteiger partial charge < -0.3 is 9.88 Å². The van der Waals surface area contributed by atoms with Crippen LogP contribution in [0.25, 0.3) is 11.0 Å². The zero-order valence-electron chi connectivity index (χ0n) is 11.7. The van der Waals surface area contributed by atoms with Gasteiger partial charge in [-0.15, -0.1) is 0 Å². The Balaban J connectivity index is 1.97. The molecule has 0 bridgehead atoms. The number of rotatable bonds is 4. The summed E-state index contributed by atoms with van der Waals surface area (Å²) < 4.78 is 2.26. The SMILES string of the molecule is CCn1c(C(C)Nc2ccncc2)nc2ccccc21. The Morgan fingerprint density at radius 1 is 1.15 bits per heavy atom. The lowest BCUT2D eigenvalue weighted by atomic mass is 10.3. The van der Waals surface area contributed by atoms with E-state index in [0.29, 0.717) is 0 Å². The summed E-state index contributed by atoms with van der Waals surface area (Å²) in [5.74, 6) is 1.06. The maximum atomic E-state index is 4.76. The summed E-state index contributed by atoms with van der Waals surface area (Å²) in [5, 5.41) is 3.47. The molecule has 0 radical (unpaired) electrons. The van der Waals surface area contributed by atoms with Crippen LogP contribution >= 0.6 is 0 Å². The van der Waals surface area contributed by atoms with Crippen molar-refractivity contribution < 1.29 is 0 Å². The molecular weight excluding hydrogens is 248 g/mol. The van der Waals surface area contributed by atoms with Crippen LogP contribution in [-0.2, 0) is 6.54 Å². The van der Waals surface area contributed by atoms with Crippen LogP contribution in [0.3, 0.4) is 0 Å². The fourth-order valence-corrected chi connectivity index (χ4v) is 2.52. The number of aromatic nitrogens is 3. The Morgan fingerprint density at radius 3 is 2.65 bits per heavy atom. The maximum Gasteiger partial charge on any atom is 0.132 e. The molecule has 2 aromatic heterocycles. The second kappa shape index (κ2) is 5.33. The first-order valence-electron chi connectivity index (χ1n) is 6.91. The van der Waals surface area contributed by atoms with E-state index in [0.717, 1.165) is 23.6 Å². The lowest BCUT2D eigenvalue weighted by Crippen LogP contribution is -2.13. The van der Waals surface area contributed by atoms with Gasteiger partial charge in [0.15, 0.2) is 0 Å². The van der Waals surface area contributed by atoms with E-state index in [9.17, 15) is 0 Å². The highest BCUT2D eigenvalue weighted by Gasteiger charge is 2.15. The van der Waals surface area contributed by atoms with E-state index in [2.05, 4.69) is 46.9 Å². The quantitative estimate of drug-likeness (QED) is 0.784. The van der Waals surface area contributed by atoms with Crippen molar-refractivity contribution in [1.82, 2.24) is 14.5 Å². The summed E-state index contributed by atoms with van der Waals surface area (Å²) in [6, 6.07) is 12.3. The van der Waals surface area contributed by atoms with Crippen molar-refractivity contribution in [2.24, 2.45) is 0 Å². The summed E-state index contributed by atoms with van der Waals surface area (Å²) in [6.45, 7) is 5.20. The number of hydrogen-bond acceptors (Lipinski definition) is 3. The van der Waals surface area contributed by atoms with Gasteiger partial charge in [0.2, 0.25) is 0 Å². The highest BCUT2D eigenvalue weighted by atomic mass is 15.1. The standard InChI is InChI=1S/C16H18N4/c1-3-20-15-7-5-4-6-14(15)19-16(20)12(2)18-13-8-10-17-11-9-13/h4-12H,3H2,1-2H3,(H,17,18). The fraction of sp³-hybridized carbons (Fsp3) is 0.250. The summed E-state index contributed by atoms with van der Waals surface area (Å²) in [4.78, 5) is 8.80. The highest BCUT2D eigenvalue weighted by Crippen LogP contribution is 2.23. The van der Waals surface area contributed by atoms with Crippen LogP contribution in [0.1, 0.15) is 25.7 Å². The summed E-state index contributed by atoms with van der Waals surface area (Å²) in [6.07, 6.45) is 3.58. The van der Waals surface area contributed by atoms with Crippen molar-refractivity contribution in [3.8, 4) is 0 Å². The Kier molecular flexibility index (Phi) is 3.37. The Labute approximate surface area is 118 Å². The molecule has 0 amide bonds. The number of nitrogens with one attached hydrogen (secondary N) is 1. The van der Waals surface area contributed by atoms with Crippen LogP contribution in [0.2, 0.25) is 0 Å². The molecule has 1 atom stereocenters. The van der Waals surface area contributed by atoms with E-state index in [4.69, 9.17) is 4.98 Å². The molecule has 2 heterocycles. The molecule has 0 aliphatic rings. The number of aryl methyl sites for hydroxylation is 1. The van der Waals surface area contributed by atoms with Crippen molar-refractivity contribution in [3.05, 3.63) is 54.6 Å². The normalized spacial score (nSPS) is 12.5. The maximum absolute atomic E-state index is 4.76. The molecule has 3 rings (SSSR count). The van der Waals surface area contributed by atoms with Crippen molar-refractivity contribution >= 4 is 16.7 Å². The topological polar surface area (TPSA) is 42.7 Å². The number of benzene rings is 1. The average Bonchev–Trinajstić information content (AvgIpc) is 2.87. The molecule has 20 heavy (non-hydrogen) atoms. The molecule has 102 valence electrons. The second-order valence-corrected chi connectivity index (χ2v) is 4.80. The molecule has 1 aromatic carbocycles. The predicted octanol–water partition coefficient (Wildman–Crippen LogP) is 3.62. The monoisotopic (exact) mass is 266 g/mol. The van der Waals surface area contributed by atoms with Gasteiger partial charge in [-0.05, 0) is 38.1 Å². The number of imidazole rings is 1. The highest BCUT2D eigenvalue weighted by molar-refractivity contribution is 5.76. The molecule has 1 unspecified atom stereocenters. The van der Waals surface area contributed by atoms with Gasteiger partial charge >= 0.3 is 0 Å². The number of pyridine rings is 1. The minimum absolute atomic E-state index is 0.143. The Bertz CT molecular complexity index is 703. The molecule has 0 aliphatic carbocycles. The lowest BCUT2D eigenvalue weighted by Gasteiger charge is -2.16. The zero-order valence-corrected chi connectivity index (χ0v) is 11.7. The molecule has 3 aromatic rings. The number of anilines is 1. The lowest BCUT2D eigenvalue weighted by molar-refractivity contribution is 0.674. The van der Waals surface area contributed by atoms with Gasteiger partial charge in [0.25, 0.3) is 0 Å². The second-order valence-electron chi connectivity index (χ2n) is 4.80.